The zero-order valence-electron chi connectivity index (χ0n) is 20.5. The molecule has 0 bridgehead atoms. The lowest BCUT2D eigenvalue weighted by molar-refractivity contribution is -0.130. The second-order valence-electron chi connectivity index (χ2n) is 9.22. The van der Waals surface area contributed by atoms with Crippen LogP contribution >= 0.6 is 11.8 Å². The molecule has 0 aliphatic carbocycles. The summed E-state index contributed by atoms with van der Waals surface area (Å²) in [6.07, 6.45) is 0. The molecular formula is C29H30N4O2S. The maximum Gasteiger partial charge on any atom is 0.262 e. The van der Waals surface area contributed by atoms with E-state index in [1.807, 2.05) is 66.4 Å². The minimum absolute atomic E-state index is 0.0781. The molecule has 1 aliphatic heterocycles. The minimum atomic E-state index is -0.0781. The van der Waals surface area contributed by atoms with Crippen LogP contribution in [0.1, 0.15) is 16.7 Å². The molecule has 36 heavy (non-hydrogen) atoms. The normalized spacial score (nSPS) is 14.3. The molecule has 1 aromatic heterocycles. The summed E-state index contributed by atoms with van der Waals surface area (Å²) < 4.78 is 1.70. The molecule has 184 valence electrons. The van der Waals surface area contributed by atoms with Gasteiger partial charge < -0.3 is 4.90 Å². The highest BCUT2D eigenvalue weighted by atomic mass is 32.2. The summed E-state index contributed by atoms with van der Waals surface area (Å²) in [5.41, 5.74) is 4.08. The van der Waals surface area contributed by atoms with Gasteiger partial charge in [-0.15, -0.1) is 0 Å². The van der Waals surface area contributed by atoms with Gasteiger partial charge in [0.15, 0.2) is 5.16 Å². The summed E-state index contributed by atoms with van der Waals surface area (Å²) in [7, 11) is 0. The standard InChI is InChI=1S/C29H30N4O2S/c1-22-11-13-24(14-12-22)20-33-28(35)25-9-5-6-10-26(25)30-29(33)36-21-27(34)32-17-15-31(16-18-32)19-23-7-3-2-4-8-23/h2-14H,15-21H2,1H3. The number of benzene rings is 3. The van der Waals surface area contributed by atoms with Crippen molar-refractivity contribution in [2.24, 2.45) is 0 Å². The Balaban J connectivity index is 1.27. The number of hydrogen-bond donors (Lipinski definition) is 0. The third kappa shape index (κ3) is 5.69. The number of para-hydroxylation sites is 1. The summed E-state index contributed by atoms with van der Waals surface area (Å²) in [6.45, 7) is 6.52. The molecular weight excluding hydrogens is 468 g/mol. The van der Waals surface area contributed by atoms with Gasteiger partial charge in [-0.3, -0.25) is 19.1 Å². The van der Waals surface area contributed by atoms with E-state index in [1.54, 1.807) is 4.57 Å². The number of rotatable bonds is 7. The van der Waals surface area contributed by atoms with Crippen LogP contribution in [0, 0.1) is 6.92 Å². The minimum Gasteiger partial charge on any atom is -0.339 e. The van der Waals surface area contributed by atoms with E-state index in [0.29, 0.717) is 35.7 Å². The molecule has 0 radical (unpaired) electrons. The average molecular weight is 499 g/mol. The molecule has 0 N–H and O–H groups in total. The number of thioether (sulfide) groups is 1. The van der Waals surface area contributed by atoms with Gasteiger partial charge >= 0.3 is 0 Å². The van der Waals surface area contributed by atoms with Crippen molar-refractivity contribution in [3.8, 4) is 0 Å². The van der Waals surface area contributed by atoms with Crippen molar-refractivity contribution in [3.63, 3.8) is 0 Å². The van der Waals surface area contributed by atoms with E-state index < -0.39 is 0 Å². The largest absolute Gasteiger partial charge is 0.339 e. The van der Waals surface area contributed by atoms with Gasteiger partial charge in [-0.25, -0.2) is 4.98 Å². The summed E-state index contributed by atoms with van der Waals surface area (Å²) in [6, 6.07) is 26.0. The first kappa shape index (κ1) is 24.3. The SMILES string of the molecule is Cc1ccc(Cn2c(SCC(=O)N3CCN(Cc4ccccc4)CC3)nc3ccccc3c2=O)cc1. The van der Waals surface area contributed by atoms with E-state index in [0.717, 1.165) is 25.2 Å². The predicted molar refractivity (Wildman–Crippen MR) is 145 cm³/mol. The van der Waals surface area contributed by atoms with Crippen LogP contribution in [0.15, 0.2) is 88.8 Å². The van der Waals surface area contributed by atoms with Crippen molar-refractivity contribution in [1.29, 1.82) is 0 Å². The molecule has 1 amide bonds. The number of hydrogen-bond acceptors (Lipinski definition) is 5. The molecule has 0 atom stereocenters. The zero-order valence-corrected chi connectivity index (χ0v) is 21.3. The van der Waals surface area contributed by atoms with Crippen molar-refractivity contribution in [1.82, 2.24) is 19.4 Å². The Bertz CT molecular complexity index is 1390. The van der Waals surface area contributed by atoms with Crippen LogP contribution < -0.4 is 5.56 Å². The molecule has 2 heterocycles. The number of piperazine rings is 1. The third-order valence-electron chi connectivity index (χ3n) is 6.59. The van der Waals surface area contributed by atoms with E-state index in [9.17, 15) is 9.59 Å². The van der Waals surface area contributed by atoms with E-state index in [-0.39, 0.29) is 17.2 Å². The number of aryl methyl sites for hydroxylation is 1. The van der Waals surface area contributed by atoms with Crippen molar-refractivity contribution in [2.45, 2.75) is 25.2 Å². The van der Waals surface area contributed by atoms with Gasteiger partial charge in [0, 0.05) is 32.7 Å². The highest BCUT2D eigenvalue weighted by Crippen LogP contribution is 2.20. The highest BCUT2D eigenvalue weighted by Gasteiger charge is 2.22. The molecule has 1 fully saturated rings. The monoisotopic (exact) mass is 498 g/mol. The molecule has 3 aromatic carbocycles. The average Bonchev–Trinajstić information content (AvgIpc) is 2.91. The molecule has 1 saturated heterocycles. The summed E-state index contributed by atoms with van der Waals surface area (Å²) in [5.74, 6) is 0.348. The highest BCUT2D eigenvalue weighted by molar-refractivity contribution is 7.99. The van der Waals surface area contributed by atoms with Crippen LogP contribution in [-0.2, 0) is 17.9 Å². The molecule has 7 heteroatoms. The van der Waals surface area contributed by atoms with Gasteiger partial charge in [0.1, 0.15) is 0 Å². The molecule has 0 unspecified atom stereocenters. The summed E-state index contributed by atoms with van der Waals surface area (Å²) >= 11 is 1.35. The maximum absolute atomic E-state index is 13.4. The Hall–Kier alpha value is -3.42. The maximum atomic E-state index is 13.4. The second kappa shape index (κ2) is 11.1. The lowest BCUT2D eigenvalue weighted by Crippen LogP contribution is -2.48. The fourth-order valence-corrected chi connectivity index (χ4v) is 5.39. The molecule has 0 saturated carbocycles. The first-order chi connectivity index (χ1) is 17.6. The summed E-state index contributed by atoms with van der Waals surface area (Å²) in [5, 5.41) is 1.17. The van der Waals surface area contributed by atoms with E-state index >= 15 is 0 Å². The Labute approximate surface area is 215 Å². The molecule has 0 spiro atoms. The van der Waals surface area contributed by atoms with Crippen molar-refractivity contribution < 1.29 is 4.79 Å². The number of aromatic nitrogens is 2. The lowest BCUT2D eigenvalue weighted by Gasteiger charge is -2.34. The first-order valence-electron chi connectivity index (χ1n) is 12.3. The molecule has 4 aromatic rings. The number of nitrogens with zero attached hydrogens (tertiary/aromatic N) is 4. The Morgan fingerprint density at radius 3 is 2.25 bits per heavy atom. The molecule has 5 rings (SSSR count). The fraction of sp³-hybridized carbons (Fsp3) is 0.276. The van der Waals surface area contributed by atoms with Gasteiger partial charge in [-0.2, -0.15) is 0 Å². The van der Waals surface area contributed by atoms with Crippen LogP contribution in [0.2, 0.25) is 0 Å². The van der Waals surface area contributed by atoms with Crippen LogP contribution in [-0.4, -0.2) is 57.2 Å². The second-order valence-corrected chi connectivity index (χ2v) is 10.2. The van der Waals surface area contributed by atoms with Crippen LogP contribution in [0.5, 0.6) is 0 Å². The van der Waals surface area contributed by atoms with Gasteiger partial charge in [0.25, 0.3) is 5.56 Å². The number of fused-ring (bicyclic) bond motifs is 1. The van der Waals surface area contributed by atoms with Gasteiger partial charge in [0.2, 0.25) is 5.91 Å². The van der Waals surface area contributed by atoms with Crippen LogP contribution in [0.25, 0.3) is 10.9 Å². The quantitative estimate of drug-likeness (QED) is 0.283. The van der Waals surface area contributed by atoms with Crippen molar-refractivity contribution >= 4 is 28.6 Å². The van der Waals surface area contributed by atoms with E-state index in [4.69, 9.17) is 4.98 Å². The van der Waals surface area contributed by atoms with Crippen molar-refractivity contribution in [2.75, 3.05) is 31.9 Å². The van der Waals surface area contributed by atoms with Gasteiger partial charge in [-0.1, -0.05) is 84.1 Å². The smallest absolute Gasteiger partial charge is 0.262 e. The Kier molecular flexibility index (Phi) is 7.49. The first-order valence-corrected chi connectivity index (χ1v) is 13.3. The van der Waals surface area contributed by atoms with Crippen LogP contribution in [0.4, 0.5) is 0 Å². The molecule has 6 nitrogen and oxygen atoms in total. The van der Waals surface area contributed by atoms with Crippen molar-refractivity contribution in [3.05, 3.63) is 106 Å². The molecule has 1 aliphatic rings. The topological polar surface area (TPSA) is 58.4 Å². The lowest BCUT2D eigenvalue weighted by atomic mass is 10.1. The number of amides is 1. The predicted octanol–water partition coefficient (Wildman–Crippen LogP) is 4.19. The van der Waals surface area contributed by atoms with Gasteiger partial charge in [-0.05, 0) is 30.2 Å². The van der Waals surface area contributed by atoms with E-state index in [2.05, 4.69) is 29.2 Å². The Morgan fingerprint density at radius 2 is 1.50 bits per heavy atom. The fourth-order valence-electron chi connectivity index (χ4n) is 4.49. The van der Waals surface area contributed by atoms with Crippen LogP contribution in [0.3, 0.4) is 0 Å². The Morgan fingerprint density at radius 1 is 0.833 bits per heavy atom. The van der Waals surface area contributed by atoms with E-state index in [1.165, 1.54) is 22.9 Å². The number of carbonyl (C=O) groups is 1. The number of carbonyl (C=O) groups excluding carboxylic acids is 1. The summed E-state index contributed by atoms with van der Waals surface area (Å²) in [4.78, 5) is 35.5. The zero-order chi connectivity index (χ0) is 24.9. The van der Waals surface area contributed by atoms with Gasteiger partial charge in [0.05, 0.1) is 23.2 Å². The third-order valence-corrected chi connectivity index (χ3v) is 7.55.